The number of hydrogen-bond donors (Lipinski definition) is 1. The first-order chi connectivity index (χ1) is 9.04. The van der Waals surface area contributed by atoms with Crippen LogP contribution >= 0.6 is 23.2 Å². The van der Waals surface area contributed by atoms with Crippen LogP contribution in [0.25, 0.3) is 0 Å². The second-order valence-electron chi connectivity index (χ2n) is 5.58. The zero-order valence-electron chi connectivity index (χ0n) is 11.6. The molecule has 0 aliphatic carbocycles. The summed E-state index contributed by atoms with van der Waals surface area (Å²) in [4.78, 5) is 2.47. The minimum Gasteiger partial charge on any atom is -0.329 e. The van der Waals surface area contributed by atoms with Crippen molar-refractivity contribution in [1.82, 2.24) is 4.90 Å². The van der Waals surface area contributed by atoms with E-state index in [4.69, 9.17) is 28.9 Å². The predicted molar refractivity (Wildman–Crippen MR) is 82.8 cm³/mol. The first-order valence-corrected chi connectivity index (χ1v) is 7.70. The fraction of sp³-hybridized carbons (Fsp3) is 0.600. The third kappa shape index (κ3) is 3.25. The van der Waals surface area contributed by atoms with Crippen LogP contribution in [0.3, 0.4) is 0 Å². The molecule has 1 aromatic rings. The van der Waals surface area contributed by atoms with Gasteiger partial charge in [-0.15, -0.1) is 0 Å². The van der Waals surface area contributed by atoms with Gasteiger partial charge in [0.05, 0.1) is 10.0 Å². The molecule has 0 amide bonds. The van der Waals surface area contributed by atoms with Gasteiger partial charge < -0.3 is 5.73 Å². The number of hydrogen-bond acceptors (Lipinski definition) is 2. The van der Waals surface area contributed by atoms with Crippen LogP contribution in [0.4, 0.5) is 0 Å². The van der Waals surface area contributed by atoms with Crippen molar-refractivity contribution in [3.05, 3.63) is 33.8 Å². The Morgan fingerprint density at radius 1 is 1.42 bits per heavy atom. The molecule has 2 rings (SSSR count). The first-order valence-electron chi connectivity index (χ1n) is 6.94. The lowest BCUT2D eigenvalue weighted by Gasteiger charge is -2.42. The highest BCUT2D eigenvalue weighted by molar-refractivity contribution is 6.42. The zero-order valence-corrected chi connectivity index (χ0v) is 13.1. The standard InChI is InChI=1S/C15H22Cl2N2/c1-10-6-7-19(12(8-10)9-18)11(2)13-4-3-5-14(16)15(13)17/h3-5,10-12H,6-9,18H2,1-2H3. The monoisotopic (exact) mass is 300 g/mol. The van der Waals surface area contributed by atoms with Crippen LogP contribution < -0.4 is 5.73 Å². The van der Waals surface area contributed by atoms with Gasteiger partial charge in [0, 0.05) is 18.6 Å². The fourth-order valence-corrected chi connectivity index (χ4v) is 3.50. The number of benzene rings is 1. The summed E-state index contributed by atoms with van der Waals surface area (Å²) in [5.74, 6) is 0.756. The predicted octanol–water partition coefficient (Wildman–Crippen LogP) is 4.11. The third-order valence-electron chi connectivity index (χ3n) is 4.22. The number of halogens is 2. The Balaban J connectivity index is 2.22. The van der Waals surface area contributed by atoms with Gasteiger partial charge in [-0.3, -0.25) is 4.90 Å². The molecule has 0 bridgehead atoms. The van der Waals surface area contributed by atoms with Crippen molar-refractivity contribution in [3.8, 4) is 0 Å². The van der Waals surface area contributed by atoms with Crippen molar-refractivity contribution in [2.75, 3.05) is 13.1 Å². The van der Waals surface area contributed by atoms with E-state index in [1.807, 2.05) is 12.1 Å². The van der Waals surface area contributed by atoms with Crippen LogP contribution in [0.5, 0.6) is 0 Å². The van der Waals surface area contributed by atoms with E-state index in [0.717, 1.165) is 18.0 Å². The number of rotatable bonds is 3. The Kier molecular flexibility index (Phi) is 5.13. The molecule has 3 unspecified atom stereocenters. The molecule has 1 saturated heterocycles. The van der Waals surface area contributed by atoms with Gasteiger partial charge >= 0.3 is 0 Å². The molecule has 0 radical (unpaired) electrons. The van der Waals surface area contributed by atoms with Crippen molar-refractivity contribution in [2.24, 2.45) is 11.7 Å². The van der Waals surface area contributed by atoms with Crippen LogP contribution in [0.2, 0.25) is 10.0 Å². The van der Waals surface area contributed by atoms with Gasteiger partial charge in [0.2, 0.25) is 0 Å². The summed E-state index contributed by atoms with van der Waals surface area (Å²) >= 11 is 12.5. The van der Waals surface area contributed by atoms with E-state index < -0.39 is 0 Å². The van der Waals surface area contributed by atoms with E-state index in [1.165, 1.54) is 12.8 Å². The van der Waals surface area contributed by atoms with Gasteiger partial charge in [-0.2, -0.15) is 0 Å². The lowest BCUT2D eigenvalue weighted by atomic mass is 9.90. The maximum atomic E-state index is 6.34. The molecule has 0 saturated carbocycles. The molecule has 1 heterocycles. The number of likely N-dealkylation sites (tertiary alicyclic amines) is 1. The minimum absolute atomic E-state index is 0.257. The van der Waals surface area contributed by atoms with E-state index in [0.29, 0.717) is 22.6 Å². The van der Waals surface area contributed by atoms with E-state index in [9.17, 15) is 0 Å². The Bertz CT molecular complexity index is 436. The van der Waals surface area contributed by atoms with Crippen LogP contribution in [-0.4, -0.2) is 24.0 Å². The van der Waals surface area contributed by atoms with Gasteiger partial charge in [-0.25, -0.2) is 0 Å². The molecule has 3 atom stereocenters. The maximum Gasteiger partial charge on any atom is 0.0640 e. The Labute approximate surface area is 125 Å². The molecule has 2 N–H and O–H groups in total. The smallest absolute Gasteiger partial charge is 0.0640 e. The first kappa shape index (κ1) is 15.1. The summed E-state index contributed by atoms with van der Waals surface area (Å²) in [5.41, 5.74) is 7.04. The van der Waals surface area contributed by atoms with E-state index in [2.05, 4.69) is 24.8 Å². The average Bonchev–Trinajstić information content (AvgIpc) is 2.41. The minimum atomic E-state index is 0.257. The molecule has 1 aliphatic heterocycles. The van der Waals surface area contributed by atoms with Crippen LogP contribution in [0.15, 0.2) is 18.2 Å². The van der Waals surface area contributed by atoms with Crippen LogP contribution in [0.1, 0.15) is 38.3 Å². The maximum absolute atomic E-state index is 6.34. The molecule has 4 heteroatoms. The molecule has 1 aromatic carbocycles. The molecule has 19 heavy (non-hydrogen) atoms. The molecule has 1 fully saturated rings. The van der Waals surface area contributed by atoms with Crippen molar-refractivity contribution in [1.29, 1.82) is 0 Å². The van der Waals surface area contributed by atoms with Crippen molar-refractivity contribution in [3.63, 3.8) is 0 Å². The molecular formula is C15H22Cl2N2. The van der Waals surface area contributed by atoms with Gasteiger partial charge in [0.25, 0.3) is 0 Å². The Morgan fingerprint density at radius 2 is 2.16 bits per heavy atom. The van der Waals surface area contributed by atoms with Crippen molar-refractivity contribution < 1.29 is 0 Å². The number of piperidine rings is 1. The van der Waals surface area contributed by atoms with Crippen LogP contribution in [-0.2, 0) is 0 Å². The number of nitrogens with zero attached hydrogens (tertiary/aromatic N) is 1. The summed E-state index contributed by atoms with van der Waals surface area (Å²) in [6.45, 7) is 6.27. The molecule has 1 aliphatic rings. The lowest BCUT2D eigenvalue weighted by Crippen LogP contribution is -2.47. The van der Waals surface area contributed by atoms with Gasteiger partial charge in [-0.05, 0) is 43.9 Å². The van der Waals surface area contributed by atoms with Gasteiger partial charge in [0.15, 0.2) is 0 Å². The molecule has 2 nitrogen and oxygen atoms in total. The van der Waals surface area contributed by atoms with Gasteiger partial charge in [0.1, 0.15) is 0 Å². The highest BCUT2D eigenvalue weighted by Crippen LogP contribution is 2.36. The quantitative estimate of drug-likeness (QED) is 0.910. The summed E-state index contributed by atoms with van der Waals surface area (Å²) in [5, 5.41) is 1.30. The number of nitrogens with two attached hydrogens (primary N) is 1. The molecule has 106 valence electrons. The van der Waals surface area contributed by atoms with Crippen molar-refractivity contribution >= 4 is 23.2 Å². The van der Waals surface area contributed by atoms with E-state index in [-0.39, 0.29) is 6.04 Å². The second-order valence-corrected chi connectivity index (χ2v) is 6.36. The van der Waals surface area contributed by atoms with E-state index >= 15 is 0 Å². The second kappa shape index (κ2) is 6.45. The Morgan fingerprint density at radius 3 is 2.84 bits per heavy atom. The lowest BCUT2D eigenvalue weighted by molar-refractivity contribution is 0.0834. The largest absolute Gasteiger partial charge is 0.329 e. The van der Waals surface area contributed by atoms with Crippen LogP contribution in [0, 0.1) is 5.92 Å². The summed E-state index contributed by atoms with van der Waals surface area (Å²) in [7, 11) is 0. The van der Waals surface area contributed by atoms with E-state index in [1.54, 1.807) is 0 Å². The van der Waals surface area contributed by atoms with Gasteiger partial charge in [-0.1, -0.05) is 42.3 Å². The molecule has 0 spiro atoms. The van der Waals surface area contributed by atoms with Crippen molar-refractivity contribution in [2.45, 2.75) is 38.8 Å². The molecular weight excluding hydrogens is 279 g/mol. The summed E-state index contributed by atoms with van der Waals surface area (Å²) in [6.07, 6.45) is 2.39. The third-order valence-corrected chi connectivity index (χ3v) is 5.06. The zero-order chi connectivity index (χ0) is 14.0. The topological polar surface area (TPSA) is 29.3 Å². The summed E-state index contributed by atoms with van der Waals surface area (Å²) in [6, 6.07) is 6.55. The SMILES string of the molecule is CC1CCN(C(C)c2cccc(Cl)c2Cl)C(CN)C1. The average molecular weight is 301 g/mol. The highest BCUT2D eigenvalue weighted by Gasteiger charge is 2.30. The highest BCUT2D eigenvalue weighted by atomic mass is 35.5. The Hall–Kier alpha value is -0.280. The molecule has 0 aromatic heterocycles. The normalized spacial score (nSPS) is 26.4. The fourth-order valence-electron chi connectivity index (χ4n) is 3.03. The summed E-state index contributed by atoms with van der Waals surface area (Å²) < 4.78 is 0.